The van der Waals surface area contributed by atoms with Gasteiger partial charge in [-0.3, -0.25) is 4.79 Å². The Labute approximate surface area is 133 Å². The molecule has 5 nitrogen and oxygen atoms in total. The van der Waals surface area contributed by atoms with Crippen molar-refractivity contribution in [1.82, 2.24) is 10.3 Å². The normalized spacial score (nSPS) is 18.3. The monoisotopic (exact) mass is 345 g/mol. The zero-order valence-corrected chi connectivity index (χ0v) is 12.8. The quantitative estimate of drug-likeness (QED) is 0.893. The number of fused-ring (bicyclic) bond motifs is 1. The van der Waals surface area contributed by atoms with Crippen molar-refractivity contribution >= 4 is 32.6 Å². The lowest BCUT2D eigenvalue weighted by molar-refractivity contribution is -0.274. The van der Waals surface area contributed by atoms with Gasteiger partial charge >= 0.3 is 6.36 Å². The molecular weight excluding hydrogens is 331 g/mol. The minimum absolute atomic E-state index is 0.157. The highest BCUT2D eigenvalue weighted by Gasteiger charge is 2.31. The van der Waals surface area contributed by atoms with Crippen molar-refractivity contribution in [2.45, 2.75) is 31.7 Å². The van der Waals surface area contributed by atoms with Crippen LogP contribution in [0.2, 0.25) is 0 Å². The van der Waals surface area contributed by atoms with Crippen LogP contribution < -0.4 is 15.4 Å². The van der Waals surface area contributed by atoms with Crippen LogP contribution in [0.15, 0.2) is 18.2 Å². The Morgan fingerprint density at radius 1 is 1.48 bits per heavy atom. The van der Waals surface area contributed by atoms with Crippen LogP contribution in [0.5, 0.6) is 5.75 Å². The van der Waals surface area contributed by atoms with Gasteiger partial charge in [0.15, 0.2) is 5.13 Å². The summed E-state index contributed by atoms with van der Waals surface area (Å²) in [5.41, 5.74) is 0.513. The smallest absolute Gasteiger partial charge is 0.406 e. The van der Waals surface area contributed by atoms with E-state index in [1.807, 2.05) is 0 Å². The number of carbonyl (C=O) groups excluding carboxylic acids is 1. The molecule has 1 aromatic carbocycles. The number of nitrogens with one attached hydrogen (secondary N) is 2. The maximum atomic E-state index is 12.2. The molecule has 1 aromatic heterocycles. The number of amides is 1. The molecule has 1 fully saturated rings. The van der Waals surface area contributed by atoms with Gasteiger partial charge in [0.2, 0.25) is 5.91 Å². The fourth-order valence-corrected chi connectivity index (χ4v) is 3.39. The number of hydrogen-bond acceptors (Lipinski definition) is 5. The summed E-state index contributed by atoms with van der Waals surface area (Å²) in [7, 11) is 0. The third kappa shape index (κ3) is 4.32. The number of ether oxygens (including phenoxy) is 1. The number of nitrogens with zero attached hydrogens (tertiary/aromatic N) is 1. The Balaban J connectivity index is 1.68. The minimum Gasteiger partial charge on any atom is -0.406 e. The second kappa shape index (κ2) is 6.32. The Morgan fingerprint density at radius 2 is 2.30 bits per heavy atom. The maximum absolute atomic E-state index is 12.2. The van der Waals surface area contributed by atoms with Gasteiger partial charge in [-0.1, -0.05) is 11.3 Å². The van der Waals surface area contributed by atoms with Crippen LogP contribution in [-0.2, 0) is 4.79 Å². The Kier molecular flexibility index (Phi) is 4.40. The lowest BCUT2D eigenvalue weighted by Crippen LogP contribution is -2.27. The molecule has 2 N–H and O–H groups in total. The second-order valence-corrected chi connectivity index (χ2v) is 6.27. The van der Waals surface area contributed by atoms with Crippen LogP contribution in [-0.4, -0.2) is 29.8 Å². The molecule has 23 heavy (non-hydrogen) atoms. The molecule has 1 unspecified atom stereocenters. The van der Waals surface area contributed by atoms with Gasteiger partial charge < -0.3 is 15.4 Å². The molecular formula is C14H14F3N3O2S. The van der Waals surface area contributed by atoms with Gasteiger partial charge in [-0.2, -0.15) is 0 Å². The highest BCUT2D eigenvalue weighted by Crippen LogP contribution is 2.31. The summed E-state index contributed by atoms with van der Waals surface area (Å²) in [5, 5.41) is 6.29. The van der Waals surface area contributed by atoms with Gasteiger partial charge in [0.05, 0.1) is 10.2 Å². The number of aromatic nitrogens is 1. The van der Waals surface area contributed by atoms with E-state index >= 15 is 0 Å². The van der Waals surface area contributed by atoms with Crippen molar-refractivity contribution in [3.8, 4) is 5.75 Å². The van der Waals surface area contributed by atoms with Crippen molar-refractivity contribution in [2.75, 3.05) is 11.9 Å². The van der Waals surface area contributed by atoms with E-state index in [9.17, 15) is 18.0 Å². The summed E-state index contributed by atoms with van der Waals surface area (Å²) in [6.07, 6.45) is -2.35. The highest BCUT2D eigenvalue weighted by atomic mass is 32.1. The fraction of sp³-hybridized carbons (Fsp3) is 0.429. The largest absolute Gasteiger partial charge is 0.573 e. The van der Waals surface area contributed by atoms with E-state index in [-0.39, 0.29) is 17.7 Å². The van der Waals surface area contributed by atoms with E-state index < -0.39 is 6.36 Å². The number of benzene rings is 1. The second-order valence-electron chi connectivity index (χ2n) is 5.24. The van der Waals surface area contributed by atoms with Crippen LogP contribution in [0.4, 0.5) is 18.3 Å². The topological polar surface area (TPSA) is 63.2 Å². The first kappa shape index (κ1) is 16.0. The van der Waals surface area contributed by atoms with E-state index in [0.717, 1.165) is 30.7 Å². The van der Waals surface area contributed by atoms with Crippen molar-refractivity contribution in [1.29, 1.82) is 0 Å². The fourth-order valence-electron chi connectivity index (χ4n) is 2.48. The SMILES string of the molecule is O=C(CC1CCCN1)Nc1nc2ccc(OC(F)(F)F)cc2s1. The molecule has 1 amide bonds. The standard InChI is InChI=1S/C14H14F3N3O2S/c15-14(16,17)22-9-3-4-10-11(7-9)23-13(19-10)20-12(21)6-8-2-1-5-18-8/h3-4,7-8,18H,1-2,5-6H2,(H,19,20,21). The van der Waals surface area contributed by atoms with E-state index in [0.29, 0.717) is 21.8 Å². The summed E-state index contributed by atoms with van der Waals surface area (Å²) in [6, 6.07) is 4.07. The van der Waals surface area contributed by atoms with Crippen LogP contribution >= 0.6 is 11.3 Å². The predicted octanol–water partition coefficient (Wildman–Crippen LogP) is 3.28. The van der Waals surface area contributed by atoms with Gasteiger partial charge in [0, 0.05) is 18.5 Å². The van der Waals surface area contributed by atoms with Crippen LogP contribution in [0, 0.1) is 0 Å². The first-order valence-electron chi connectivity index (χ1n) is 7.09. The molecule has 0 spiro atoms. The molecule has 2 aromatic rings. The van der Waals surface area contributed by atoms with E-state index in [2.05, 4.69) is 20.4 Å². The number of anilines is 1. The molecule has 0 bridgehead atoms. The number of thiazole rings is 1. The lowest BCUT2D eigenvalue weighted by atomic mass is 10.1. The number of rotatable bonds is 4. The molecule has 3 rings (SSSR count). The van der Waals surface area contributed by atoms with Crippen LogP contribution in [0.1, 0.15) is 19.3 Å². The minimum atomic E-state index is -4.73. The first-order valence-corrected chi connectivity index (χ1v) is 7.90. The van der Waals surface area contributed by atoms with E-state index in [1.54, 1.807) is 0 Å². The summed E-state index contributed by atoms with van der Waals surface area (Å²) in [5.74, 6) is -0.461. The van der Waals surface area contributed by atoms with Gasteiger partial charge in [-0.05, 0) is 31.5 Å². The number of alkyl halides is 3. The third-order valence-corrected chi connectivity index (χ3v) is 4.37. The number of carbonyl (C=O) groups is 1. The zero-order chi connectivity index (χ0) is 16.4. The van der Waals surface area contributed by atoms with Crippen molar-refractivity contribution in [3.63, 3.8) is 0 Å². The van der Waals surface area contributed by atoms with Crippen molar-refractivity contribution in [2.24, 2.45) is 0 Å². The molecule has 1 aliphatic rings. The molecule has 0 aliphatic carbocycles. The van der Waals surface area contributed by atoms with Gasteiger partial charge in [0.25, 0.3) is 0 Å². The average Bonchev–Trinajstić information content (AvgIpc) is 3.05. The number of halogens is 3. The summed E-state index contributed by atoms with van der Waals surface area (Å²) in [6.45, 7) is 0.918. The lowest BCUT2D eigenvalue weighted by Gasteiger charge is -2.08. The first-order chi connectivity index (χ1) is 10.9. The van der Waals surface area contributed by atoms with E-state index in [1.165, 1.54) is 18.2 Å². The molecule has 2 heterocycles. The Bertz CT molecular complexity index is 711. The average molecular weight is 345 g/mol. The Morgan fingerprint density at radius 3 is 3.00 bits per heavy atom. The molecule has 1 atom stereocenters. The molecule has 0 saturated carbocycles. The highest BCUT2D eigenvalue weighted by molar-refractivity contribution is 7.22. The van der Waals surface area contributed by atoms with Crippen LogP contribution in [0.25, 0.3) is 10.2 Å². The van der Waals surface area contributed by atoms with Gasteiger partial charge in [-0.15, -0.1) is 13.2 Å². The van der Waals surface area contributed by atoms with Crippen LogP contribution in [0.3, 0.4) is 0 Å². The van der Waals surface area contributed by atoms with Crippen molar-refractivity contribution in [3.05, 3.63) is 18.2 Å². The predicted molar refractivity (Wildman–Crippen MR) is 80.6 cm³/mol. The zero-order valence-electron chi connectivity index (χ0n) is 11.9. The summed E-state index contributed by atoms with van der Waals surface area (Å²) >= 11 is 1.11. The molecule has 1 aliphatic heterocycles. The van der Waals surface area contributed by atoms with Gasteiger partial charge in [0.1, 0.15) is 5.75 Å². The molecule has 9 heteroatoms. The summed E-state index contributed by atoms with van der Waals surface area (Å²) in [4.78, 5) is 16.1. The molecule has 0 radical (unpaired) electrons. The Hall–Kier alpha value is -1.87. The van der Waals surface area contributed by atoms with Crippen molar-refractivity contribution < 1.29 is 22.7 Å². The third-order valence-electron chi connectivity index (χ3n) is 3.43. The summed E-state index contributed by atoms with van der Waals surface area (Å²) < 4.78 is 41.0. The van der Waals surface area contributed by atoms with E-state index in [4.69, 9.17) is 0 Å². The number of hydrogen-bond donors (Lipinski definition) is 2. The molecule has 1 saturated heterocycles. The molecule has 124 valence electrons. The van der Waals surface area contributed by atoms with Gasteiger partial charge in [-0.25, -0.2) is 4.98 Å². The maximum Gasteiger partial charge on any atom is 0.573 e.